The van der Waals surface area contributed by atoms with E-state index in [2.05, 4.69) is 26.3 Å². The van der Waals surface area contributed by atoms with Gasteiger partial charge in [0.25, 0.3) is 0 Å². The monoisotopic (exact) mass is 363 g/mol. The number of likely N-dealkylation sites (N-methyl/N-ethyl adjacent to an activating group) is 1. The van der Waals surface area contributed by atoms with E-state index < -0.39 is 0 Å². The van der Waals surface area contributed by atoms with Crippen molar-refractivity contribution in [3.05, 3.63) is 36.0 Å². The fraction of sp³-hybridized carbons (Fsp3) is 0.400. The van der Waals surface area contributed by atoms with E-state index in [1.165, 1.54) is 19.1 Å². The average molecular weight is 363 g/mol. The van der Waals surface area contributed by atoms with Crippen LogP contribution in [0.25, 0.3) is 11.3 Å². The van der Waals surface area contributed by atoms with Gasteiger partial charge in [0.15, 0.2) is 0 Å². The van der Waals surface area contributed by atoms with E-state index in [1.54, 1.807) is 6.20 Å². The van der Waals surface area contributed by atoms with Crippen molar-refractivity contribution < 1.29 is 0 Å². The molecule has 7 heteroatoms. The molecular weight excluding hydrogens is 338 g/mol. The molecule has 0 aliphatic carbocycles. The van der Waals surface area contributed by atoms with Gasteiger partial charge in [-0.3, -0.25) is 0 Å². The fourth-order valence-electron chi connectivity index (χ4n) is 3.31. The molecular formula is C20H25N7. The zero-order valence-electron chi connectivity index (χ0n) is 15.8. The molecule has 0 bridgehead atoms. The lowest BCUT2D eigenvalue weighted by molar-refractivity contribution is 0.410. The van der Waals surface area contributed by atoms with Crippen LogP contribution in [0.1, 0.15) is 18.4 Å². The van der Waals surface area contributed by atoms with E-state index in [0.29, 0.717) is 18.1 Å². The molecule has 0 spiro atoms. The molecule has 2 N–H and O–H groups in total. The molecule has 1 aliphatic heterocycles. The molecule has 0 amide bonds. The SMILES string of the molecule is CN(C)CC(C=N)Nc1nccc(-c2ccc(N3CCCC3)c(C#N)c2)n1. The lowest BCUT2D eigenvalue weighted by Gasteiger charge is -2.20. The van der Waals surface area contributed by atoms with E-state index in [-0.39, 0.29) is 6.04 Å². The van der Waals surface area contributed by atoms with Crippen molar-refractivity contribution in [1.29, 1.82) is 10.7 Å². The molecule has 2 aromatic rings. The number of hydrogen-bond donors (Lipinski definition) is 2. The molecule has 0 saturated carbocycles. The second kappa shape index (κ2) is 8.60. The standard InChI is InChI=1S/C20H25N7/c1-26(2)14-17(13-22)24-20-23-8-7-18(25-20)15-5-6-19(16(11-15)12-21)27-9-3-4-10-27/h5-8,11,13,17,22H,3-4,9-10,14H2,1-2H3,(H,23,24,25). The summed E-state index contributed by atoms with van der Waals surface area (Å²) in [6, 6.07) is 9.92. The van der Waals surface area contributed by atoms with Gasteiger partial charge in [-0.1, -0.05) is 6.07 Å². The fourth-order valence-corrected chi connectivity index (χ4v) is 3.31. The normalized spacial score (nSPS) is 14.8. The van der Waals surface area contributed by atoms with Crippen LogP contribution >= 0.6 is 0 Å². The molecule has 140 valence electrons. The van der Waals surface area contributed by atoms with Crippen molar-refractivity contribution in [2.75, 3.05) is 43.9 Å². The number of aromatic nitrogens is 2. The predicted octanol–water partition coefficient (Wildman–Crippen LogP) is 2.61. The molecule has 1 saturated heterocycles. The van der Waals surface area contributed by atoms with Crippen molar-refractivity contribution in [3.8, 4) is 17.3 Å². The third-order valence-corrected chi connectivity index (χ3v) is 4.59. The minimum absolute atomic E-state index is 0.164. The number of hydrogen-bond acceptors (Lipinski definition) is 7. The highest BCUT2D eigenvalue weighted by atomic mass is 15.2. The van der Waals surface area contributed by atoms with E-state index in [1.807, 2.05) is 43.3 Å². The topological polar surface area (TPSA) is 91.9 Å². The summed E-state index contributed by atoms with van der Waals surface area (Å²) in [4.78, 5) is 13.1. The molecule has 3 rings (SSSR count). The lowest BCUT2D eigenvalue weighted by atomic mass is 10.1. The van der Waals surface area contributed by atoms with E-state index in [4.69, 9.17) is 5.41 Å². The number of anilines is 2. The second-order valence-corrected chi connectivity index (χ2v) is 6.98. The number of nitrogens with zero attached hydrogens (tertiary/aromatic N) is 5. The highest BCUT2D eigenvalue weighted by Gasteiger charge is 2.17. The minimum atomic E-state index is -0.164. The first-order valence-electron chi connectivity index (χ1n) is 9.15. The molecule has 27 heavy (non-hydrogen) atoms. The molecule has 2 heterocycles. The van der Waals surface area contributed by atoms with Gasteiger partial charge in [0, 0.05) is 37.6 Å². The van der Waals surface area contributed by atoms with Gasteiger partial charge in [0.05, 0.1) is 23.0 Å². The van der Waals surface area contributed by atoms with Gasteiger partial charge in [-0.05, 0) is 45.1 Å². The van der Waals surface area contributed by atoms with Crippen molar-refractivity contribution in [3.63, 3.8) is 0 Å². The molecule has 1 aliphatic rings. The second-order valence-electron chi connectivity index (χ2n) is 6.98. The highest BCUT2D eigenvalue weighted by Crippen LogP contribution is 2.28. The van der Waals surface area contributed by atoms with Crippen LogP contribution in [0, 0.1) is 16.7 Å². The Bertz CT molecular complexity index is 834. The maximum Gasteiger partial charge on any atom is 0.223 e. The smallest absolute Gasteiger partial charge is 0.223 e. The van der Waals surface area contributed by atoms with E-state index >= 15 is 0 Å². The largest absolute Gasteiger partial charge is 0.370 e. The highest BCUT2D eigenvalue weighted by molar-refractivity contribution is 5.71. The van der Waals surface area contributed by atoms with Crippen LogP contribution in [0.4, 0.5) is 11.6 Å². The van der Waals surface area contributed by atoms with Crippen LogP contribution in [0.2, 0.25) is 0 Å². The summed E-state index contributed by atoms with van der Waals surface area (Å²) in [5, 5.41) is 20.3. The summed E-state index contributed by atoms with van der Waals surface area (Å²) >= 11 is 0. The Morgan fingerprint density at radius 2 is 2.11 bits per heavy atom. The van der Waals surface area contributed by atoms with Crippen LogP contribution < -0.4 is 10.2 Å². The summed E-state index contributed by atoms with van der Waals surface area (Å²) in [6.45, 7) is 2.69. The minimum Gasteiger partial charge on any atom is -0.370 e. The van der Waals surface area contributed by atoms with Crippen LogP contribution in [-0.4, -0.2) is 60.9 Å². The first kappa shape index (κ1) is 18.8. The first-order valence-corrected chi connectivity index (χ1v) is 9.15. The predicted molar refractivity (Wildman–Crippen MR) is 108 cm³/mol. The quantitative estimate of drug-likeness (QED) is 0.735. The Morgan fingerprint density at radius 1 is 1.33 bits per heavy atom. The van der Waals surface area contributed by atoms with Crippen molar-refractivity contribution >= 4 is 17.9 Å². The van der Waals surface area contributed by atoms with E-state index in [0.717, 1.165) is 30.0 Å². The Kier molecular flexibility index (Phi) is 5.99. The molecule has 1 atom stereocenters. The van der Waals surface area contributed by atoms with Crippen molar-refractivity contribution in [1.82, 2.24) is 14.9 Å². The first-order chi connectivity index (χ1) is 13.1. The van der Waals surface area contributed by atoms with Gasteiger partial charge in [-0.25, -0.2) is 9.97 Å². The number of rotatable bonds is 7. The number of nitrogens with one attached hydrogen (secondary N) is 2. The maximum atomic E-state index is 9.59. The van der Waals surface area contributed by atoms with Gasteiger partial charge < -0.3 is 20.5 Å². The molecule has 7 nitrogen and oxygen atoms in total. The number of benzene rings is 1. The Hall–Kier alpha value is -2.98. The summed E-state index contributed by atoms with van der Waals surface area (Å²) in [5.74, 6) is 0.477. The molecule has 1 aromatic heterocycles. The van der Waals surface area contributed by atoms with Crippen molar-refractivity contribution in [2.24, 2.45) is 0 Å². The zero-order valence-corrected chi connectivity index (χ0v) is 15.8. The summed E-state index contributed by atoms with van der Waals surface area (Å²) in [6.07, 6.45) is 5.40. The average Bonchev–Trinajstić information content (AvgIpc) is 3.21. The molecule has 1 unspecified atom stereocenters. The van der Waals surface area contributed by atoms with Gasteiger partial charge in [0.2, 0.25) is 5.95 Å². The number of nitriles is 1. The van der Waals surface area contributed by atoms with Crippen molar-refractivity contribution in [2.45, 2.75) is 18.9 Å². The third kappa shape index (κ3) is 4.60. The Morgan fingerprint density at radius 3 is 2.78 bits per heavy atom. The summed E-state index contributed by atoms with van der Waals surface area (Å²) in [5.41, 5.74) is 3.32. The Balaban J connectivity index is 1.84. The lowest BCUT2D eigenvalue weighted by Crippen LogP contribution is -2.33. The van der Waals surface area contributed by atoms with Gasteiger partial charge in [-0.2, -0.15) is 5.26 Å². The summed E-state index contributed by atoms with van der Waals surface area (Å²) in [7, 11) is 3.92. The molecule has 0 radical (unpaired) electrons. The van der Waals surface area contributed by atoms with Gasteiger partial charge >= 0.3 is 0 Å². The maximum absolute atomic E-state index is 9.59. The van der Waals surface area contributed by atoms with Crippen LogP contribution in [0.3, 0.4) is 0 Å². The zero-order chi connectivity index (χ0) is 19.2. The third-order valence-electron chi connectivity index (χ3n) is 4.59. The molecule has 1 aromatic carbocycles. The van der Waals surface area contributed by atoms with Gasteiger partial charge in [0.1, 0.15) is 6.07 Å². The van der Waals surface area contributed by atoms with E-state index in [9.17, 15) is 5.26 Å². The van der Waals surface area contributed by atoms with Crippen LogP contribution in [0.15, 0.2) is 30.5 Å². The Labute approximate surface area is 160 Å². The van der Waals surface area contributed by atoms with Crippen LogP contribution in [0.5, 0.6) is 0 Å². The molecule has 1 fully saturated rings. The summed E-state index contributed by atoms with van der Waals surface area (Å²) < 4.78 is 0. The van der Waals surface area contributed by atoms with Gasteiger partial charge in [-0.15, -0.1) is 0 Å². The van der Waals surface area contributed by atoms with Crippen LogP contribution in [-0.2, 0) is 0 Å².